The standard InChI is InChI=1S/C18H12ClN7O/c19-12-8-6-10(7-9-12)14-13-15(17(27)22-21-14)20-18-23-24-25-26(18)16(13)11-4-2-1-3-5-11/h1-9,16H,(H,22,27)(H,20,23,25). The van der Waals surface area contributed by atoms with Gasteiger partial charge in [-0.15, -0.1) is 0 Å². The van der Waals surface area contributed by atoms with Crippen LogP contribution in [0.1, 0.15) is 17.2 Å². The summed E-state index contributed by atoms with van der Waals surface area (Å²) in [4.78, 5) is 12.5. The van der Waals surface area contributed by atoms with Crippen molar-refractivity contribution in [1.82, 2.24) is 30.4 Å². The minimum Gasteiger partial charge on any atom is -0.318 e. The Labute approximate surface area is 157 Å². The van der Waals surface area contributed by atoms with Gasteiger partial charge in [0, 0.05) is 16.1 Å². The number of hydrogen-bond acceptors (Lipinski definition) is 6. The number of hydrogen-bond donors (Lipinski definition) is 2. The highest BCUT2D eigenvalue weighted by molar-refractivity contribution is 6.30. The number of fused-ring (bicyclic) bond motifs is 2. The van der Waals surface area contributed by atoms with E-state index in [4.69, 9.17) is 11.6 Å². The molecule has 1 aliphatic rings. The van der Waals surface area contributed by atoms with Crippen LogP contribution >= 0.6 is 11.6 Å². The second kappa shape index (κ2) is 6.03. The summed E-state index contributed by atoms with van der Waals surface area (Å²) in [6, 6.07) is 16.6. The van der Waals surface area contributed by atoms with Crippen LogP contribution in [-0.2, 0) is 0 Å². The third-order valence-corrected chi connectivity index (χ3v) is 4.75. The molecule has 1 atom stereocenters. The molecule has 0 spiro atoms. The summed E-state index contributed by atoms with van der Waals surface area (Å²) in [6.07, 6.45) is 0. The average Bonchev–Trinajstić information content (AvgIpc) is 3.17. The van der Waals surface area contributed by atoms with Crippen molar-refractivity contribution in [3.05, 3.63) is 81.1 Å². The number of nitrogens with one attached hydrogen (secondary N) is 2. The number of halogens is 1. The first-order valence-corrected chi connectivity index (χ1v) is 8.58. The second-order valence-corrected chi connectivity index (χ2v) is 6.52. The van der Waals surface area contributed by atoms with Gasteiger partial charge in [0.05, 0.1) is 5.69 Å². The molecule has 9 heteroatoms. The molecule has 27 heavy (non-hydrogen) atoms. The van der Waals surface area contributed by atoms with Gasteiger partial charge in [0.25, 0.3) is 5.56 Å². The Morgan fingerprint density at radius 3 is 2.59 bits per heavy atom. The smallest absolute Gasteiger partial charge is 0.288 e. The molecule has 2 aromatic carbocycles. The summed E-state index contributed by atoms with van der Waals surface area (Å²) in [6.45, 7) is 0. The summed E-state index contributed by atoms with van der Waals surface area (Å²) in [5, 5.41) is 22.4. The van der Waals surface area contributed by atoms with Gasteiger partial charge in [-0.3, -0.25) is 4.79 Å². The summed E-state index contributed by atoms with van der Waals surface area (Å²) >= 11 is 6.02. The second-order valence-electron chi connectivity index (χ2n) is 6.08. The fourth-order valence-corrected chi connectivity index (χ4v) is 3.43. The van der Waals surface area contributed by atoms with Gasteiger partial charge in [0.15, 0.2) is 0 Å². The molecule has 0 saturated carbocycles. The summed E-state index contributed by atoms with van der Waals surface area (Å²) in [7, 11) is 0. The van der Waals surface area contributed by atoms with E-state index in [0.29, 0.717) is 27.9 Å². The molecule has 132 valence electrons. The summed E-state index contributed by atoms with van der Waals surface area (Å²) in [5.41, 5.74) is 3.14. The Kier molecular flexibility index (Phi) is 3.51. The topological polar surface area (TPSA) is 101 Å². The van der Waals surface area contributed by atoms with Gasteiger partial charge in [-0.1, -0.05) is 59.2 Å². The fraction of sp³-hybridized carbons (Fsp3) is 0.0556. The molecule has 0 aliphatic carbocycles. The zero-order valence-electron chi connectivity index (χ0n) is 13.8. The van der Waals surface area contributed by atoms with E-state index < -0.39 is 6.04 Å². The van der Waals surface area contributed by atoms with Gasteiger partial charge in [0.1, 0.15) is 11.7 Å². The average molecular weight is 378 g/mol. The fourth-order valence-electron chi connectivity index (χ4n) is 3.31. The molecule has 2 N–H and O–H groups in total. The molecular weight excluding hydrogens is 366 g/mol. The lowest BCUT2D eigenvalue weighted by Gasteiger charge is -2.27. The number of anilines is 2. The van der Waals surface area contributed by atoms with Crippen LogP contribution in [0, 0.1) is 0 Å². The molecule has 0 fully saturated rings. The van der Waals surface area contributed by atoms with E-state index in [9.17, 15) is 4.79 Å². The molecular formula is C18H12ClN7O. The largest absolute Gasteiger partial charge is 0.318 e. The van der Waals surface area contributed by atoms with Gasteiger partial charge in [-0.05, 0) is 28.1 Å². The van der Waals surface area contributed by atoms with Crippen LogP contribution in [-0.4, -0.2) is 30.4 Å². The van der Waals surface area contributed by atoms with Crippen LogP contribution in [0.5, 0.6) is 0 Å². The van der Waals surface area contributed by atoms with Crippen molar-refractivity contribution in [2.24, 2.45) is 0 Å². The van der Waals surface area contributed by atoms with Gasteiger partial charge >= 0.3 is 0 Å². The molecule has 0 amide bonds. The Hall–Kier alpha value is -3.52. The van der Waals surface area contributed by atoms with Gasteiger partial charge in [0.2, 0.25) is 5.95 Å². The van der Waals surface area contributed by atoms with Crippen LogP contribution in [0.2, 0.25) is 5.02 Å². The Morgan fingerprint density at radius 1 is 1.04 bits per heavy atom. The van der Waals surface area contributed by atoms with Crippen molar-refractivity contribution in [3.63, 3.8) is 0 Å². The number of benzene rings is 2. The summed E-state index contributed by atoms with van der Waals surface area (Å²) < 4.78 is 1.65. The van der Waals surface area contributed by atoms with E-state index in [0.717, 1.165) is 11.1 Å². The lowest BCUT2D eigenvalue weighted by molar-refractivity contribution is 0.567. The Bertz CT molecular complexity index is 1180. The lowest BCUT2D eigenvalue weighted by atomic mass is 9.92. The molecule has 4 aromatic rings. The van der Waals surface area contributed by atoms with Crippen molar-refractivity contribution in [1.29, 1.82) is 0 Å². The van der Waals surface area contributed by atoms with E-state index >= 15 is 0 Å². The van der Waals surface area contributed by atoms with Crippen molar-refractivity contribution < 1.29 is 0 Å². The molecule has 3 heterocycles. The normalized spacial score (nSPS) is 14.9. The van der Waals surface area contributed by atoms with Crippen LogP contribution < -0.4 is 10.9 Å². The third-order valence-electron chi connectivity index (χ3n) is 4.50. The molecule has 5 rings (SSSR count). The number of tetrazole rings is 1. The van der Waals surface area contributed by atoms with E-state index in [1.807, 2.05) is 42.5 Å². The molecule has 8 nitrogen and oxygen atoms in total. The number of aromatic amines is 1. The van der Waals surface area contributed by atoms with Crippen LogP contribution in [0.4, 0.5) is 11.6 Å². The number of aromatic nitrogens is 6. The lowest BCUT2D eigenvalue weighted by Crippen LogP contribution is -2.29. The third kappa shape index (κ3) is 2.49. The predicted molar refractivity (Wildman–Crippen MR) is 100 cm³/mol. The zero-order valence-corrected chi connectivity index (χ0v) is 14.6. The molecule has 0 bridgehead atoms. The maximum atomic E-state index is 12.5. The van der Waals surface area contributed by atoms with Gasteiger partial charge in [-0.25, -0.2) is 5.10 Å². The monoisotopic (exact) mass is 377 g/mol. The predicted octanol–water partition coefficient (Wildman–Crippen LogP) is 2.77. The highest BCUT2D eigenvalue weighted by Crippen LogP contribution is 2.40. The molecule has 1 aliphatic heterocycles. The van der Waals surface area contributed by atoms with E-state index in [-0.39, 0.29) is 5.56 Å². The Morgan fingerprint density at radius 2 is 1.81 bits per heavy atom. The quantitative estimate of drug-likeness (QED) is 0.490. The number of H-pyrrole nitrogens is 1. The van der Waals surface area contributed by atoms with Crippen LogP contribution in [0.3, 0.4) is 0 Å². The maximum Gasteiger partial charge on any atom is 0.288 e. The molecule has 0 saturated heterocycles. The van der Waals surface area contributed by atoms with Crippen molar-refractivity contribution in [3.8, 4) is 11.3 Å². The SMILES string of the molecule is O=c1[nH]nc(-c2ccc(Cl)cc2)c2c1Nc1nnnn1C2c1ccccc1. The van der Waals surface area contributed by atoms with Crippen molar-refractivity contribution in [2.75, 3.05) is 5.32 Å². The van der Waals surface area contributed by atoms with Crippen molar-refractivity contribution >= 4 is 23.2 Å². The zero-order chi connectivity index (χ0) is 18.4. The first kappa shape index (κ1) is 15.7. The van der Waals surface area contributed by atoms with E-state index in [1.165, 1.54) is 0 Å². The van der Waals surface area contributed by atoms with E-state index in [2.05, 4.69) is 31.0 Å². The van der Waals surface area contributed by atoms with Gasteiger partial charge in [-0.2, -0.15) is 9.78 Å². The highest BCUT2D eigenvalue weighted by Gasteiger charge is 2.34. The van der Waals surface area contributed by atoms with Gasteiger partial charge < -0.3 is 5.32 Å². The van der Waals surface area contributed by atoms with Crippen LogP contribution in [0.15, 0.2) is 59.4 Å². The molecule has 1 unspecified atom stereocenters. The minimum absolute atomic E-state index is 0.335. The maximum absolute atomic E-state index is 12.5. The van der Waals surface area contributed by atoms with Crippen molar-refractivity contribution in [2.45, 2.75) is 6.04 Å². The molecule has 0 radical (unpaired) electrons. The number of rotatable bonds is 2. The van der Waals surface area contributed by atoms with E-state index in [1.54, 1.807) is 16.8 Å². The first-order chi connectivity index (χ1) is 13.2. The highest BCUT2D eigenvalue weighted by atomic mass is 35.5. The first-order valence-electron chi connectivity index (χ1n) is 8.21. The summed E-state index contributed by atoms with van der Waals surface area (Å²) in [5.74, 6) is 0.398. The number of nitrogens with zero attached hydrogens (tertiary/aromatic N) is 5. The minimum atomic E-state index is -0.395. The molecule has 2 aromatic heterocycles. The Balaban J connectivity index is 1.82. The van der Waals surface area contributed by atoms with Crippen LogP contribution in [0.25, 0.3) is 11.3 Å².